The first kappa shape index (κ1) is 21.8. The number of carbonyl (C=O) groups excluding carboxylic acids is 3. The topological polar surface area (TPSA) is 113 Å². The molecule has 2 aliphatic rings. The minimum Gasteiger partial charge on any atom is -0.495 e. The van der Waals surface area contributed by atoms with Gasteiger partial charge in [-0.2, -0.15) is 0 Å². The van der Waals surface area contributed by atoms with E-state index in [9.17, 15) is 14.4 Å². The third-order valence-electron chi connectivity index (χ3n) is 6.54. The molecule has 0 radical (unpaired) electrons. The Hall–Kier alpha value is -4.01. The molecule has 34 heavy (non-hydrogen) atoms. The van der Waals surface area contributed by atoms with Crippen LogP contribution < -0.4 is 20.1 Å². The van der Waals surface area contributed by atoms with Crippen molar-refractivity contribution in [3.05, 3.63) is 53.2 Å². The fourth-order valence-electron chi connectivity index (χ4n) is 4.75. The standard InChI is InChI=1S/C25H26N4O5/c1-14-17-5-4-6-20(33-3)22(17)27-21(14)24(32)29-11-9-25(10-12-29)28-23(31)18-13-16(26-15(2)30)7-8-19(18)34-25/h4-8,13,27H,9-12H2,1-3H3,(H,26,30)(H,28,31). The highest BCUT2D eigenvalue weighted by atomic mass is 16.5. The van der Waals surface area contributed by atoms with Crippen LogP contribution in [0.15, 0.2) is 36.4 Å². The van der Waals surface area contributed by atoms with Crippen molar-refractivity contribution in [3.63, 3.8) is 0 Å². The Labute approximate surface area is 196 Å². The lowest BCUT2D eigenvalue weighted by molar-refractivity contribution is -0.114. The van der Waals surface area contributed by atoms with Crippen LogP contribution >= 0.6 is 0 Å². The molecule has 1 saturated heterocycles. The second-order valence-corrected chi connectivity index (χ2v) is 8.74. The number of hydrogen-bond acceptors (Lipinski definition) is 5. The van der Waals surface area contributed by atoms with Crippen LogP contribution in [-0.4, -0.2) is 53.5 Å². The van der Waals surface area contributed by atoms with E-state index in [4.69, 9.17) is 9.47 Å². The van der Waals surface area contributed by atoms with Crippen molar-refractivity contribution in [1.29, 1.82) is 0 Å². The number of para-hydroxylation sites is 1. The van der Waals surface area contributed by atoms with Gasteiger partial charge in [0, 0.05) is 43.9 Å². The van der Waals surface area contributed by atoms with E-state index < -0.39 is 5.72 Å². The van der Waals surface area contributed by atoms with Crippen LogP contribution in [0.5, 0.6) is 11.5 Å². The number of H-pyrrole nitrogens is 1. The third-order valence-corrected chi connectivity index (χ3v) is 6.54. The number of hydrogen-bond donors (Lipinski definition) is 3. The molecule has 3 aromatic rings. The van der Waals surface area contributed by atoms with E-state index in [2.05, 4.69) is 15.6 Å². The van der Waals surface area contributed by atoms with Crippen molar-refractivity contribution in [3.8, 4) is 11.5 Å². The number of anilines is 1. The Balaban J connectivity index is 1.33. The SMILES string of the molecule is COc1cccc2c(C)c(C(=O)N3CCC4(CC3)NC(=O)c3cc(NC(C)=O)ccc3O4)[nH]c12. The Morgan fingerprint density at radius 3 is 2.65 bits per heavy atom. The smallest absolute Gasteiger partial charge is 0.270 e. The molecule has 1 fully saturated rings. The first-order valence-electron chi connectivity index (χ1n) is 11.2. The molecule has 2 aromatic carbocycles. The van der Waals surface area contributed by atoms with Gasteiger partial charge >= 0.3 is 0 Å². The van der Waals surface area contributed by atoms with Crippen molar-refractivity contribution in [2.24, 2.45) is 0 Å². The molecule has 1 aromatic heterocycles. The lowest BCUT2D eigenvalue weighted by Crippen LogP contribution is -2.61. The highest BCUT2D eigenvalue weighted by Crippen LogP contribution is 2.36. The number of nitrogens with zero attached hydrogens (tertiary/aromatic N) is 1. The van der Waals surface area contributed by atoms with Crippen molar-refractivity contribution in [2.45, 2.75) is 32.4 Å². The number of amides is 3. The summed E-state index contributed by atoms with van der Waals surface area (Å²) in [5.41, 5.74) is 2.27. The van der Waals surface area contributed by atoms with Crippen molar-refractivity contribution in [2.75, 3.05) is 25.5 Å². The molecule has 2 aliphatic heterocycles. The number of ether oxygens (including phenoxy) is 2. The number of nitrogens with one attached hydrogen (secondary N) is 3. The van der Waals surface area contributed by atoms with Gasteiger partial charge < -0.3 is 30.0 Å². The van der Waals surface area contributed by atoms with Gasteiger partial charge in [0.15, 0.2) is 5.72 Å². The minimum atomic E-state index is -0.866. The molecule has 0 atom stereocenters. The van der Waals surface area contributed by atoms with Gasteiger partial charge in [-0.3, -0.25) is 14.4 Å². The monoisotopic (exact) mass is 462 g/mol. The number of aryl methyl sites for hydroxylation is 1. The summed E-state index contributed by atoms with van der Waals surface area (Å²) in [7, 11) is 1.60. The maximum absolute atomic E-state index is 13.3. The van der Waals surface area contributed by atoms with Crippen molar-refractivity contribution < 1.29 is 23.9 Å². The molecule has 0 aliphatic carbocycles. The van der Waals surface area contributed by atoms with E-state index in [-0.39, 0.29) is 17.7 Å². The van der Waals surface area contributed by atoms with Gasteiger partial charge in [0.2, 0.25) is 5.91 Å². The number of fused-ring (bicyclic) bond motifs is 2. The molecular weight excluding hydrogens is 436 g/mol. The molecule has 176 valence electrons. The zero-order valence-electron chi connectivity index (χ0n) is 19.3. The maximum atomic E-state index is 13.3. The lowest BCUT2D eigenvalue weighted by Gasteiger charge is -2.44. The van der Waals surface area contributed by atoms with Gasteiger partial charge in [-0.25, -0.2) is 0 Å². The van der Waals surface area contributed by atoms with E-state index in [0.717, 1.165) is 16.5 Å². The molecule has 9 heteroatoms. The van der Waals surface area contributed by atoms with E-state index in [1.807, 2.05) is 25.1 Å². The average molecular weight is 463 g/mol. The maximum Gasteiger partial charge on any atom is 0.270 e. The summed E-state index contributed by atoms with van der Waals surface area (Å²) < 4.78 is 11.6. The summed E-state index contributed by atoms with van der Waals surface area (Å²) >= 11 is 0. The largest absolute Gasteiger partial charge is 0.495 e. The molecule has 5 rings (SSSR count). The Morgan fingerprint density at radius 1 is 1.18 bits per heavy atom. The second-order valence-electron chi connectivity index (χ2n) is 8.74. The quantitative estimate of drug-likeness (QED) is 0.553. The number of benzene rings is 2. The van der Waals surface area contributed by atoms with Crippen LogP contribution in [-0.2, 0) is 4.79 Å². The summed E-state index contributed by atoms with van der Waals surface area (Å²) in [6, 6.07) is 10.7. The van der Waals surface area contributed by atoms with E-state index in [1.54, 1.807) is 30.2 Å². The Bertz CT molecular complexity index is 1320. The van der Waals surface area contributed by atoms with Gasteiger partial charge in [0.25, 0.3) is 11.8 Å². The van der Waals surface area contributed by atoms with Crippen LogP contribution in [0.25, 0.3) is 10.9 Å². The van der Waals surface area contributed by atoms with Crippen molar-refractivity contribution >= 4 is 34.3 Å². The van der Waals surface area contributed by atoms with E-state index in [1.165, 1.54) is 6.92 Å². The van der Waals surface area contributed by atoms with Crippen LogP contribution in [0.2, 0.25) is 0 Å². The summed E-state index contributed by atoms with van der Waals surface area (Å²) in [6.45, 7) is 4.20. The second kappa shape index (κ2) is 8.09. The molecule has 0 bridgehead atoms. The third kappa shape index (κ3) is 3.63. The first-order valence-corrected chi connectivity index (χ1v) is 11.2. The van der Waals surface area contributed by atoms with Crippen LogP contribution in [0, 0.1) is 6.92 Å². The molecule has 1 spiro atoms. The molecule has 0 saturated carbocycles. The van der Waals surface area contributed by atoms with E-state index >= 15 is 0 Å². The van der Waals surface area contributed by atoms with Gasteiger partial charge in [0.05, 0.1) is 18.2 Å². The number of likely N-dealkylation sites (tertiary alicyclic amines) is 1. The van der Waals surface area contributed by atoms with Gasteiger partial charge in [-0.1, -0.05) is 12.1 Å². The van der Waals surface area contributed by atoms with Crippen LogP contribution in [0.1, 0.15) is 46.2 Å². The lowest BCUT2D eigenvalue weighted by atomic mass is 9.96. The summed E-state index contributed by atoms with van der Waals surface area (Å²) in [5.74, 6) is 0.598. The number of piperidine rings is 1. The molecule has 3 N–H and O–H groups in total. The highest BCUT2D eigenvalue weighted by Gasteiger charge is 2.43. The van der Waals surface area contributed by atoms with Crippen LogP contribution in [0.4, 0.5) is 5.69 Å². The van der Waals surface area contributed by atoms with E-state index in [0.29, 0.717) is 54.4 Å². The summed E-state index contributed by atoms with van der Waals surface area (Å²) in [6.07, 6.45) is 0.917. The van der Waals surface area contributed by atoms with Crippen LogP contribution in [0.3, 0.4) is 0 Å². The first-order chi connectivity index (χ1) is 16.3. The molecule has 3 amide bonds. The Kier molecular flexibility index (Phi) is 5.19. The number of methoxy groups -OCH3 is 1. The minimum absolute atomic E-state index is 0.0897. The number of rotatable bonds is 3. The highest BCUT2D eigenvalue weighted by molar-refractivity contribution is 6.03. The summed E-state index contributed by atoms with van der Waals surface area (Å²) in [4.78, 5) is 42.5. The molecule has 3 heterocycles. The molecule has 0 unspecified atom stereocenters. The number of carbonyl (C=O) groups is 3. The van der Waals surface area contributed by atoms with Crippen molar-refractivity contribution in [1.82, 2.24) is 15.2 Å². The fraction of sp³-hybridized carbons (Fsp3) is 0.320. The van der Waals surface area contributed by atoms with Gasteiger partial charge in [-0.05, 0) is 36.8 Å². The molecule has 9 nitrogen and oxygen atoms in total. The van der Waals surface area contributed by atoms with Gasteiger partial charge in [-0.15, -0.1) is 0 Å². The normalized spacial score (nSPS) is 16.6. The predicted molar refractivity (Wildman–Crippen MR) is 126 cm³/mol. The van der Waals surface area contributed by atoms with Gasteiger partial charge in [0.1, 0.15) is 17.2 Å². The zero-order valence-corrected chi connectivity index (χ0v) is 19.3. The average Bonchev–Trinajstić information content (AvgIpc) is 3.16. The fourth-order valence-corrected chi connectivity index (χ4v) is 4.75. The number of aromatic nitrogens is 1. The predicted octanol–water partition coefficient (Wildman–Crippen LogP) is 3.20. The Morgan fingerprint density at radius 2 is 1.94 bits per heavy atom. The zero-order chi connectivity index (χ0) is 24.0. The summed E-state index contributed by atoms with van der Waals surface area (Å²) in [5, 5.41) is 6.60. The molecular formula is C25H26N4O5. The number of aromatic amines is 1.